The van der Waals surface area contributed by atoms with Gasteiger partial charge in [-0.25, -0.2) is 8.42 Å². The van der Waals surface area contributed by atoms with Crippen LogP contribution in [0.1, 0.15) is 24.0 Å². The summed E-state index contributed by atoms with van der Waals surface area (Å²) in [6.07, 6.45) is 1.57. The first-order chi connectivity index (χ1) is 13.8. The largest absolute Gasteiger partial charge is 0.379 e. The number of morpholine rings is 1. The lowest BCUT2D eigenvalue weighted by atomic mass is 9.95. The molecule has 0 aromatic heterocycles. The number of sulfonamides is 1. The molecule has 154 valence electrons. The molecule has 0 unspecified atom stereocenters. The molecule has 1 aliphatic carbocycles. The van der Waals surface area contributed by atoms with E-state index in [0.717, 1.165) is 22.9 Å². The van der Waals surface area contributed by atoms with E-state index in [0.29, 0.717) is 37.6 Å². The number of ether oxygens (including phenoxy) is 1. The van der Waals surface area contributed by atoms with Crippen molar-refractivity contribution in [3.63, 3.8) is 0 Å². The molecule has 0 radical (unpaired) electrons. The van der Waals surface area contributed by atoms with Gasteiger partial charge in [-0.1, -0.05) is 34.1 Å². The smallest absolute Gasteiger partial charge is 0.243 e. The second-order valence-corrected chi connectivity index (χ2v) is 10.4. The van der Waals surface area contributed by atoms with E-state index in [1.807, 2.05) is 24.3 Å². The van der Waals surface area contributed by atoms with Crippen LogP contribution in [0, 0.1) is 6.92 Å². The predicted octanol–water partition coefficient (Wildman–Crippen LogP) is 3.45. The number of hydrogen-bond acceptors (Lipinski definition) is 4. The molecule has 29 heavy (non-hydrogen) atoms. The molecule has 1 saturated carbocycles. The van der Waals surface area contributed by atoms with Crippen LogP contribution in [-0.2, 0) is 25.0 Å². The lowest BCUT2D eigenvalue weighted by Crippen LogP contribution is -2.40. The first-order valence-electron chi connectivity index (χ1n) is 9.59. The van der Waals surface area contributed by atoms with Crippen molar-refractivity contribution in [3.05, 3.63) is 58.1 Å². The normalized spacial score (nSPS) is 19.0. The van der Waals surface area contributed by atoms with Gasteiger partial charge in [-0.3, -0.25) is 4.79 Å². The number of carbonyl (C=O) groups excluding carboxylic acids is 1. The number of anilines is 1. The van der Waals surface area contributed by atoms with Crippen LogP contribution in [0.5, 0.6) is 0 Å². The number of amides is 1. The molecule has 1 N–H and O–H groups in total. The van der Waals surface area contributed by atoms with Gasteiger partial charge in [-0.05, 0) is 55.2 Å². The molecule has 2 fully saturated rings. The van der Waals surface area contributed by atoms with E-state index >= 15 is 0 Å². The van der Waals surface area contributed by atoms with Gasteiger partial charge in [0.15, 0.2) is 0 Å². The summed E-state index contributed by atoms with van der Waals surface area (Å²) in [5.74, 6) is -0.0987. The zero-order valence-electron chi connectivity index (χ0n) is 16.2. The van der Waals surface area contributed by atoms with Gasteiger partial charge in [0.05, 0.1) is 23.5 Å². The molecule has 2 aromatic rings. The highest BCUT2D eigenvalue weighted by molar-refractivity contribution is 9.10. The molecule has 1 saturated heterocycles. The summed E-state index contributed by atoms with van der Waals surface area (Å²) in [5.41, 5.74) is 1.60. The third-order valence-corrected chi connectivity index (χ3v) is 8.18. The van der Waals surface area contributed by atoms with E-state index in [4.69, 9.17) is 4.74 Å². The van der Waals surface area contributed by atoms with Crippen LogP contribution in [0.2, 0.25) is 0 Å². The maximum atomic E-state index is 13.1. The highest BCUT2D eigenvalue weighted by Gasteiger charge is 2.51. The lowest BCUT2D eigenvalue weighted by Gasteiger charge is -2.27. The Hall–Kier alpha value is -1.74. The standard InChI is InChI=1S/C21H23BrN2O4S/c1-15-2-7-18(14-19(15)29(26,27)24-10-12-28-13-11-24)23-20(25)21(8-9-21)16-3-5-17(22)6-4-16/h2-7,14H,8-13H2,1H3,(H,23,25). The predicted molar refractivity (Wildman–Crippen MR) is 114 cm³/mol. The Balaban J connectivity index is 1.58. The molecule has 2 aliphatic rings. The molecule has 0 atom stereocenters. The topological polar surface area (TPSA) is 75.7 Å². The van der Waals surface area contributed by atoms with Crippen molar-refractivity contribution in [2.24, 2.45) is 0 Å². The second-order valence-electron chi connectivity index (χ2n) is 7.54. The minimum absolute atomic E-state index is 0.0987. The maximum absolute atomic E-state index is 13.1. The van der Waals surface area contributed by atoms with Gasteiger partial charge >= 0.3 is 0 Å². The molecule has 6 nitrogen and oxygen atoms in total. The van der Waals surface area contributed by atoms with Gasteiger partial charge in [-0.15, -0.1) is 0 Å². The van der Waals surface area contributed by atoms with E-state index in [-0.39, 0.29) is 10.8 Å². The third-order valence-electron chi connectivity index (χ3n) is 5.62. The molecule has 0 bridgehead atoms. The van der Waals surface area contributed by atoms with E-state index < -0.39 is 15.4 Å². The summed E-state index contributed by atoms with van der Waals surface area (Å²) in [6, 6.07) is 12.8. The summed E-state index contributed by atoms with van der Waals surface area (Å²) in [7, 11) is -3.63. The molecule has 4 rings (SSSR count). The molecular formula is C21H23BrN2O4S. The summed E-state index contributed by atoms with van der Waals surface area (Å²) in [6.45, 7) is 3.23. The van der Waals surface area contributed by atoms with Crippen molar-refractivity contribution in [1.29, 1.82) is 0 Å². The number of halogens is 1. The summed E-state index contributed by atoms with van der Waals surface area (Å²) < 4.78 is 33.8. The molecule has 1 amide bonds. The number of hydrogen-bond donors (Lipinski definition) is 1. The van der Waals surface area contributed by atoms with Crippen molar-refractivity contribution in [2.45, 2.75) is 30.1 Å². The minimum Gasteiger partial charge on any atom is -0.379 e. The first-order valence-corrected chi connectivity index (χ1v) is 11.8. The molecule has 0 spiro atoms. The molecule has 1 heterocycles. The molecule has 8 heteroatoms. The van der Waals surface area contributed by atoms with Crippen LogP contribution < -0.4 is 5.32 Å². The quantitative estimate of drug-likeness (QED) is 0.713. The highest BCUT2D eigenvalue weighted by atomic mass is 79.9. The molecule has 1 aliphatic heterocycles. The maximum Gasteiger partial charge on any atom is 0.243 e. The average molecular weight is 479 g/mol. The number of nitrogens with one attached hydrogen (secondary N) is 1. The number of aryl methyl sites for hydroxylation is 1. The number of carbonyl (C=O) groups is 1. The summed E-state index contributed by atoms with van der Waals surface area (Å²) >= 11 is 3.42. The number of benzene rings is 2. The zero-order valence-corrected chi connectivity index (χ0v) is 18.6. The van der Waals surface area contributed by atoms with Crippen LogP contribution in [-0.4, -0.2) is 44.9 Å². The minimum atomic E-state index is -3.63. The zero-order chi connectivity index (χ0) is 20.6. The van der Waals surface area contributed by atoms with Crippen molar-refractivity contribution >= 4 is 37.5 Å². The van der Waals surface area contributed by atoms with E-state index in [1.54, 1.807) is 25.1 Å². The van der Waals surface area contributed by atoms with Gasteiger partial charge in [0.1, 0.15) is 0 Å². The molecular weight excluding hydrogens is 456 g/mol. The Bertz CT molecular complexity index is 1030. The van der Waals surface area contributed by atoms with Crippen LogP contribution in [0.25, 0.3) is 0 Å². The van der Waals surface area contributed by atoms with Crippen LogP contribution in [0.15, 0.2) is 51.8 Å². The Morgan fingerprint density at radius 1 is 1.10 bits per heavy atom. The molecule has 2 aromatic carbocycles. The lowest BCUT2D eigenvalue weighted by molar-refractivity contribution is -0.118. The monoisotopic (exact) mass is 478 g/mol. The van der Waals surface area contributed by atoms with Crippen LogP contribution in [0.3, 0.4) is 0 Å². The fourth-order valence-corrected chi connectivity index (χ4v) is 5.60. The van der Waals surface area contributed by atoms with Gasteiger partial charge in [0, 0.05) is 23.2 Å². The van der Waals surface area contributed by atoms with Crippen molar-refractivity contribution in [2.75, 3.05) is 31.6 Å². The Morgan fingerprint density at radius 2 is 1.76 bits per heavy atom. The average Bonchev–Trinajstić information content (AvgIpc) is 3.52. The SMILES string of the molecule is Cc1ccc(NC(=O)C2(c3ccc(Br)cc3)CC2)cc1S(=O)(=O)N1CCOCC1. The van der Waals surface area contributed by atoms with E-state index in [1.165, 1.54) is 4.31 Å². The Morgan fingerprint density at radius 3 is 2.38 bits per heavy atom. The Labute approximate surface area is 179 Å². The van der Waals surface area contributed by atoms with E-state index in [9.17, 15) is 13.2 Å². The summed E-state index contributed by atoms with van der Waals surface area (Å²) in [4.78, 5) is 13.3. The van der Waals surface area contributed by atoms with E-state index in [2.05, 4.69) is 21.2 Å². The van der Waals surface area contributed by atoms with Crippen LogP contribution in [0.4, 0.5) is 5.69 Å². The third kappa shape index (κ3) is 3.99. The second kappa shape index (κ2) is 7.83. The van der Waals surface area contributed by atoms with Crippen LogP contribution >= 0.6 is 15.9 Å². The van der Waals surface area contributed by atoms with Crippen molar-refractivity contribution in [3.8, 4) is 0 Å². The number of rotatable bonds is 5. The fraction of sp³-hybridized carbons (Fsp3) is 0.381. The van der Waals surface area contributed by atoms with Gasteiger partial charge in [0.2, 0.25) is 15.9 Å². The Kier molecular flexibility index (Phi) is 5.54. The fourth-order valence-electron chi connectivity index (χ4n) is 3.67. The van der Waals surface area contributed by atoms with Gasteiger partial charge in [0.25, 0.3) is 0 Å². The summed E-state index contributed by atoms with van der Waals surface area (Å²) in [5, 5.41) is 2.94. The highest BCUT2D eigenvalue weighted by Crippen LogP contribution is 2.49. The van der Waals surface area contributed by atoms with Gasteiger partial charge in [-0.2, -0.15) is 4.31 Å². The number of nitrogens with zero attached hydrogens (tertiary/aromatic N) is 1. The van der Waals surface area contributed by atoms with Gasteiger partial charge < -0.3 is 10.1 Å². The van der Waals surface area contributed by atoms with Crippen molar-refractivity contribution in [1.82, 2.24) is 4.31 Å². The van der Waals surface area contributed by atoms with Crippen molar-refractivity contribution < 1.29 is 17.9 Å². The first kappa shape index (κ1) is 20.5.